The zero-order valence-electron chi connectivity index (χ0n) is 9.42. The number of methoxy groups -OCH3 is 1. The normalized spacial score (nSPS) is 10.2. The quantitative estimate of drug-likeness (QED) is 0.839. The monoisotopic (exact) mass is 226 g/mol. The molecule has 1 aromatic carbocycles. The van der Waals surface area contributed by atoms with Crippen molar-refractivity contribution in [3.8, 4) is 5.75 Å². The molecule has 4 heteroatoms. The van der Waals surface area contributed by atoms with Crippen LogP contribution in [0.2, 0.25) is 0 Å². The number of ether oxygens (including phenoxy) is 1. The van der Waals surface area contributed by atoms with Crippen LogP contribution < -0.4 is 4.74 Å². The van der Waals surface area contributed by atoms with Crippen LogP contribution in [0.5, 0.6) is 5.75 Å². The highest BCUT2D eigenvalue weighted by Gasteiger charge is 2.08. The van der Waals surface area contributed by atoms with E-state index in [0.29, 0.717) is 18.4 Å². The van der Waals surface area contributed by atoms with Crippen molar-refractivity contribution >= 4 is 5.97 Å². The fourth-order valence-electron chi connectivity index (χ4n) is 1.55. The van der Waals surface area contributed by atoms with Crippen LogP contribution in [0, 0.1) is 12.7 Å². The van der Waals surface area contributed by atoms with Crippen LogP contribution in [-0.4, -0.2) is 18.2 Å². The summed E-state index contributed by atoms with van der Waals surface area (Å²) in [5, 5.41) is 8.51. The van der Waals surface area contributed by atoms with Gasteiger partial charge in [-0.2, -0.15) is 0 Å². The fourth-order valence-corrected chi connectivity index (χ4v) is 1.55. The van der Waals surface area contributed by atoms with Gasteiger partial charge < -0.3 is 9.84 Å². The summed E-state index contributed by atoms with van der Waals surface area (Å²) in [5.74, 6) is -0.958. The smallest absolute Gasteiger partial charge is 0.303 e. The zero-order valence-corrected chi connectivity index (χ0v) is 9.42. The van der Waals surface area contributed by atoms with Gasteiger partial charge in [0.2, 0.25) is 0 Å². The van der Waals surface area contributed by atoms with Crippen molar-refractivity contribution in [1.82, 2.24) is 0 Å². The third-order valence-electron chi connectivity index (χ3n) is 2.36. The second-order valence-electron chi connectivity index (χ2n) is 3.68. The molecule has 0 aliphatic heterocycles. The van der Waals surface area contributed by atoms with Crippen molar-refractivity contribution in [3.63, 3.8) is 0 Å². The van der Waals surface area contributed by atoms with E-state index >= 15 is 0 Å². The van der Waals surface area contributed by atoms with Crippen LogP contribution in [0.3, 0.4) is 0 Å². The van der Waals surface area contributed by atoms with E-state index in [-0.39, 0.29) is 18.0 Å². The summed E-state index contributed by atoms with van der Waals surface area (Å²) in [6.45, 7) is 1.67. The third-order valence-corrected chi connectivity index (χ3v) is 2.36. The molecule has 0 bridgehead atoms. The molecule has 3 nitrogen and oxygen atoms in total. The van der Waals surface area contributed by atoms with Crippen LogP contribution in [0.25, 0.3) is 0 Å². The number of halogens is 1. The molecule has 0 unspecified atom stereocenters. The Bertz CT molecular complexity index is 388. The zero-order chi connectivity index (χ0) is 12.1. The van der Waals surface area contributed by atoms with Gasteiger partial charge in [-0.1, -0.05) is 6.07 Å². The molecule has 0 aliphatic carbocycles. The number of carbonyl (C=O) groups is 1. The van der Waals surface area contributed by atoms with E-state index in [1.165, 1.54) is 7.11 Å². The highest BCUT2D eigenvalue weighted by molar-refractivity contribution is 5.66. The number of hydrogen-bond donors (Lipinski definition) is 1. The Labute approximate surface area is 93.9 Å². The minimum Gasteiger partial charge on any atom is -0.494 e. The maximum Gasteiger partial charge on any atom is 0.303 e. The molecule has 0 fully saturated rings. The number of benzene rings is 1. The molecule has 0 atom stereocenters. The molecule has 0 saturated heterocycles. The first kappa shape index (κ1) is 12.5. The van der Waals surface area contributed by atoms with E-state index in [1.54, 1.807) is 19.1 Å². The largest absolute Gasteiger partial charge is 0.494 e. The third kappa shape index (κ3) is 3.22. The molecule has 0 radical (unpaired) electrons. The van der Waals surface area contributed by atoms with Crippen LogP contribution in [0.1, 0.15) is 24.0 Å². The van der Waals surface area contributed by atoms with Crippen molar-refractivity contribution in [2.75, 3.05) is 7.11 Å². The summed E-state index contributed by atoms with van der Waals surface area (Å²) in [4.78, 5) is 10.3. The van der Waals surface area contributed by atoms with Crippen molar-refractivity contribution in [2.24, 2.45) is 0 Å². The van der Waals surface area contributed by atoms with Gasteiger partial charge in [-0.3, -0.25) is 4.79 Å². The first-order valence-electron chi connectivity index (χ1n) is 5.09. The van der Waals surface area contributed by atoms with E-state index in [1.807, 2.05) is 0 Å². The van der Waals surface area contributed by atoms with Gasteiger partial charge in [-0.25, -0.2) is 4.39 Å². The van der Waals surface area contributed by atoms with Crippen molar-refractivity contribution in [3.05, 3.63) is 29.1 Å². The van der Waals surface area contributed by atoms with Gasteiger partial charge in [-0.05, 0) is 37.0 Å². The van der Waals surface area contributed by atoms with Gasteiger partial charge >= 0.3 is 5.97 Å². The van der Waals surface area contributed by atoms with E-state index in [0.717, 1.165) is 5.56 Å². The molecule has 0 saturated carbocycles. The number of rotatable bonds is 5. The van der Waals surface area contributed by atoms with Gasteiger partial charge in [0, 0.05) is 6.42 Å². The lowest BCUT2D eigenvalue weighted by Gasteiger charge is -2.08. The summed E-state index contributed by atoms with van der Waals surface area (Å²) >= 11 is 0. The maximum absolute atomic E-state index is 13.4. The van der Waals surface area contributed by atoms with E-state index in [9.17, 15) is 9.18 Å². The first-order valence-corrected chi connectivity index (χ1v) is 5.09. The Morgan fingerprint density at radius 1 is 1.50 bits per heavy atom. The molecule has 88 valence electrons. The molecular weight excluding hydrogens is 211 g/mol. The lowest BCUT2D eigenvalue weighted by Crippen LogP contribution is -1.98. The van der Waals surface area contributed by atoms with Gasteiger partial charge in [0.25, 0.3) is 0 Å². The number of aliphatic carboxylic acids is 1. The minimum absolute atomic E-state index is 0.124. The fraction of sp³-hybridized carbons (Fsp3) is 0.417. The SMILES string of the molecule is COc1cc(CCCC(=O)O)cc(C)c1F. The summed E-state index contributed by atoms with van der Waals surface area (Å²) < 4.78 is 18.3. The van der Waals surface area contributed by atoms with Gasteiger partial charge in [-0.15, -0.1) is 0 Å². The van der Waals surface area contributed by atoms with Gasteiger partial charge in [0.1, 0.15) is 0 Å². The van der Waals surface area contributed by atoms with E-state index < -0.39 is 5.97 Å². The van der Waals surface area contributed by atoms with Gasteiger partial charge in [0.05, 0.1) is 7.11 Å². The second kappa shape index (κ2) is 5.49. The standard InChI is InChI=1S/C12H15FO3/c1-8-6-9(4-3-5-11(14)15)7-10(16-2)12(8)13/h6-7H,3-5H2,1-2H3,(H,14,15). The van der Waals surface area contributed by atoms with Crippen LogP contribution in [0.4, 0.5) is 4.39 Å². The predicted molar refractivity (Wildman–Crippen MR) is 58.3 cm³/mol. The molecule has 1 aromatic rings. The highest BCUT2D eigenvalue weighted by Crippen LogP contribution is 2.23. The Balaban J connectivity index is 2.74. The lowest BCUT2D eigenvalue weighted by molar-refractivity contribution is -0.137. The van der Waals surface area contributed by atoms with Crippen molar-refractivity contribution in [2.45, 2.75) is 26.2 Å². The Kier molecular flexibility index (Phi) is 4.28. The van der Waals surface area contributed by atoms with Crippen molar-refractivity contribution in [1.29, 1.82) is 0 Å². The van der Waals surface area contributed by atoms with Crippen molar-refractivity contribution < 1.29 is 19.0 Å². The van der Waals surface area contributed by atoms with Crippen LogP contribution >= 0.6 is 0 Å². The molecule has 1 N–H and O–H groups in total. The van der Waals surface area contributed by atoms with Gasteiger partial charge in [0.15, 0.2) is 11.6 Å². The summed E-state index contributed by atoms with van der Waals surface area (Å²) in [5.41, 5.74) is 1.42. The summed E-state index contributed by atoms with van der Waals surface area (Å²) in [7, 11) is 1.42. The Morgan fingerprint density at radius 3 is 2.75 bits per heavy atom. The minimum atomic E-state index is -0.814. The number of carboxylic acids is 1. The van der Waals surface area contributed by atoms with E-state index in [2.05, 4.69) is 0 Å². The average molecular weight is 226 g/mol. The first-order chi connectivity index (χ1) is 7.54. The summed E-state index contributed by atoms with van der Waals surface area (Å²) in [6, 6.07) is 3.34. The number of carboxylic acid groups (broad SMARTS) is 1. The molecular formula is C12H15FO3. The topological polar surface area (TPSA) is 46.5 Å². The maximum atomic E-state index is 13.4. The molecule has 0 heterocycles. The Hall–Kier alpha value is -1.58. The Morgan fingerprint density at radius 2 is 2.19 bits per heavy atom. The average Bonchev–Trinajstić information content (AvgIpc) is 2.22. The molecule has 1 rings (SSSR count). The molecule has 0 aliphatic rings. The lowest BCUT2D eigenvalue weighted by atomic mass is 10.0. The highest BCUT2D eigenvalue weighted by atomic mass is 19.1. The molecule has 0 aromatic heterocycles. The summed E-state index contributed by atoms with van der Waals surface area (Å²) in [6.07, 6.45) is 1.28. The number of aryl methyl sites for hydroxylation is 2. The molecule has 0 spiro atoms. The predicted octanol–water partition coefficient (Wildman–Crippen LogP) is 2.55. The van der Waals surface area contributed by atoms with E-state index in [4.69, 9.17) is 9.84 Å². The second-order valence-corrected chi connectivity index (χ2v) is 3.68. The van der Waals surface area contributed by atoms with Crippen LogP contribution in [0.15, 0.2) is 12.1 Å². The number of hydrogen-bond acceptors (Lipinski definition) is 2. The molecule has 16 heavy (non-hydrogen) atoms. The molecule has 0 amide bonds. The van der Waals surface area contributed by atoms with Crippen LogP contribution in [-0.2, 0) is 11.2 Å².